The van der Waals surface area contributed by atoms with Crippen LogP contribution >= 0.6 is 0 Å². The number of halogens is 9. The Labute approximate surface area is 164 Å². The lowest BCUT2D eigenvalue weighted by Crippen LogP contribution is -2.65. The summed E-state index contributed by atoms with van der Waals surface area (Å²) in [5.74, 6) is -16.3. The molecule has 0 aliphatic carbocycles. The van der Waals surface area contributed by atoms with Crippen molar-refractivity contribution in [1.82, 2.24) is 4.31 Å². The van der Waals surface area contributed by atoms with Gasteiger partial charge < -0.3 is 4.74 Å². The van der Waals surface area contributed by atoms with E-state index in [-0.39, 0.29) is 5.56 Å². The van der Waals surface area contributed by atoms with Crippen LogP contribution in [0.15, 0.2) is 30.3 Å². The van der Waals surface area contributed by atoms with E-state index in [0.29, 0.717) is 0 Å². The molecule has 1 aromatic carbocycles. The average Bonchev–Trinajstić information content (AvgIpc) is 2.60. The number of alkyl halides is 9. The lowest BCUT2D eigenvalue weighted by molar-refractivity contribution is -0.382. The quantitative estimate of drug-likeness (QED) is 0.403. The average molecular weight is 475 g/mol. The number of ether oxygens (including phenoxy) is 1. The van der Waals surface area contributed by atoms with Crippen LogP contribution in [-0.4, -0.2) is 55.1 Å². The molecule has 1 aromatic rings. The topological polar surface area (TPSA) is 63.7 Å². The smallest absolute Gasteiger partial charge is 0.460 e. The van der Waals surface area contributed by atoms with Gasteiger partial charge in [-0.3, -0.25) is 4.79 Å². The highest BCUT2D eigenvalue weighted by Crippen LogP contribution is 2.55. The van der Waals surface area contributed by atoms with Gasteiger partial charge in [0.15, 0.2) is 0 Å². The standard InChI is InChI=1S/C15H14F9NO4S/c1-2-29-11(26)9-25(8-10-6-4-3-5-7-10)30(27,28)15(23,24)13(18,19)12(16,17)14(20,21)22/h3-7H,2,8-9H2,1H3. The van der Waals surface area contributed by atoms with Gasteiger partial charge in [-0.1, -0.05) is 30.3 Å². The molecule has 0 N–H and O–H groups in total. The van der Waals surface area contributed by atoms with Crippen molar-refractivity contribution in [3.05, 3.63) is 35.9 Å². The van der Waals surface area contributed by atoms with Gasteiger partial charge in [-0.15, -0.1) is 0 Å². The fourth-order valence-corrected chi connectivity index (χ4v) is 3.42. The minimum Gasteiger partial charge on any atom is -0.465 e. The van der Waals surface area contributed by atoms with E-state index in [0.717, 1.165) is 12.1 Å². The molecule has 0 aliphatic rings. The van der Waals surface area contributed by atoms with E-state index in [1.54, 1.807) is 0 Å². The molecule has 172 valence electrons. The van der Waals surface area contributed by atoms with Crippen LogP contribution in [0.5, 0.6) is 0 Å². The molecular weight excluding hydrogens is 461 g/mol. The van der Waals surface area contributed by atoms with Crippen molar-refractivity contribution in [3.8, 4) is 0 Å². The molecule has 0 bridgehead atoms. The fraction of sp³-hybridized carbons (Fsp3) is 0.533. The van der Waals surface area contributed by atoms with Gasteiger partial charge in [-0.05, 0) is 12.5 Å². The highest BCUT2D eigenvalue weighted by molar-refractivity contribution is 7.90. The first-order chi connectivity index (χ1) is 13.4. The zero-order chi connectivity index (χ0) is 23.6. The van der Waals surface area contributed by atoms with Gasteiger partial charge in [-0.2, -0.15) is 43.8 Å². The molecule has 0 radical (unpaired) electrons. The molecule has 0 saturated heterocycles. The molecule has 1 rings (SSSR count). The third kappa shape index (κ3) is 4.66. The molecule has 0 aromatic heterocycles. The van der Waals surface area contributed by atoms with Crippen LogP contribution in [-0.2, 0) is 26.1 Å². The Hall–Kier alpha value is -2.03. The summed E-state index contributed by atoms with van der Waals surface area (Å²) in [7, 11) is -6.94. The van der Waals surface area contributed by atoms with E-state index < -0.39 is 63.3 Å². The van der Waals surface area contributed by atoms with Crippen LogP contribution in [0, 0.1) is 0 Å². The monoisotopic (exact) mass is 475 g/mol. The van der Waals surface area contributed by atoms with Crippen molar-refractivity contribution >= 4 is 16.0 Å². The third-order valence-electron chi connectivity index (χ3n) is 3.59. The molecule has 15 heteroatoms. The molecule has 0 saturated carbocycles. The Bertz CT molecular complexity index is 841. The molecule has 0 heterocycles. The van der Waals surface area contributed by atoms with E-state index >= 15 is 0 Å². The largest absolute Gasteiger partial charge is 0.465 e. The minimum absolute atomic E-state index is 0.160. The molecule has 0 atom stereocenters. The zero-order valence-electron chi connectivity index (χ0n) is 14.9. The van der Waals surface area contributed by atoms with E-state index in [2.05, 4.69) is 4.74 Å². The Balaban J connectivity index is 3.50. The lowest BCUT2D eigenvalue weighted by Gasteiger charge is -2.35. The van der Waals surface area contributed by atoms with Crippen molar-refractivity contribution in [1.29, 1.82) is 0 Å². The van der Waals surface area contributed by atoms with E-state index in [1.165, 1.54) is 25.1 Å². The summed E-state index contributed by atoms with van der Waals surface area (Å²) >= 11 is 0. The van der Waals surface area contributed by atoms with Gasteiger partial charge in [0, 0.05) is 6.54 Å². The predicted molar refractivity (Wildman–Crippen MR) is 83.3 cm³/mol. The number of esters is 1. The summed E-state index contributed by atoms with van der Waals surface area (Å²) in [4.78, 5) is 11.5. The van der Waals surface area contributed by atoms with Crippen molar-refractivity contribution in [2.24, 2.45) is 0 Å². The molecule has 0 unspecified atom stereocenters. The van der Waals surface area contributed by atoms with Gasteiger partial charge >= 0.3 is 29.2 Å². The van der Waals surface area contributed by atoms with Gasteiger partial charge in [0.2, 0.25) is 0 Å². The minimum atomic E-state index is -7.40. The van der Waals surface area contributed by atoms with E-state index in [9.17, 15) is 52.7 Å². The van der Waals surface area contributed by atoms with Crippen molar-refractivity contribution in [2.45, 2.75) is 36.7 Å². The molecule has 5 nitrogen and oxygen atoms in total. The van der Waals surface area contributed by atoms with Crippen LogP contribution in [0.4, 0.5) is 39.5 Å². The number of hydrogen-bond acceptors (Lipinski definition) is 4. The molecule has 0 fully saturated rings. The Morgan fingerprint density at radius 2 is 1.43 bits per heavy atom. The second kappa shape index (κ2) is 8.61. The van der Waals surface area contributed by atoms with E-state index in [4.69, 9.17) is 0 Å². The maximum Gasteiger partial charge on any atom is 0.460 e. The zero-order valence-corrected chi connectivity index (χ0v) is 15.7. The maximum atomic E-state index is 14.1. The summed E-state index contributed by atoms with van der Waals surface area (Å²) in [6, 6.07) is 6.12. The second-order valence-electron chi connectivity index (χ2n) is 5.73. The molecule has 0 aliphatic heterocycles. The summed E-state index contributed by atoms with van der Waals surface area (Å²) < 4.78 is 146. The normalized spacial score (nSPS) is 14.1. The number of carbonyl (C=O) groups is 1. The van der Waals surface area contributed by atoms with Crippen LogP contribution in [0.2, 0.25) is 0 Å². The Kier molecular flexibility index (Phi) is 7.46. The number of rotatable bonds is 9. The summed E-state index contributed by atoms with van der Waals surface area (Å²) in [5, 5.41) is -6.94. The first-order valence-corrected chi connectivity index (χ1v) is 9.27. The number of carbonyl (C=O) groups excluding carboxylic acids is 1. The third-order valence-corrected chi connectivity index (χ3v) is 5.43. The Morgan fingerprint density at radius 1 is 0.933 bits per heavy atom. The molecular formula is C15H14F9NO4S. The first-order valence-electron chi connectivity index (χ1n) is 7.83. The number of hydrogen-bond donors (Lipinski definition) is 0. The SMILES string of the molecule is CCOC(=O)CN(Cc1ccccc1)S(=O)(=O)C(F)(F)C(F)(F)C(F)(F)C(F)(F)F. The Morgan fingerprint density at radius 3 is 1.87 bits per heavy atom. The number of nitrogens with zero attached hydrogens (tertiary/aromatic N) is 1. The van der Waals surface area contributed by atoms with Gasteiger partial charge in [0.25, 0.3) is 10.0 Å². The highest BCUT2D eigenvalue weighted by atomic mass is 32.2. The molecule has 0 amide bonds. The van der Waals surface area contributed by atoms with Crippen LogP contribution < -0.4 is 0 Å². The highest BCUT2D eigenvalue weighted by Gasteiger charge is 2.85. The lowest BCUT2D eigenvalue weighted by atomic mass is 10.1. The summed E-state index contributed by atoms with van der Waals surface area (Å²) in [5.41, 5.74) is -0.160. The van der Waals surface area contributed by atoms with Crippen molar-refractivity contribution < 1.29 is 57.5 Å². The fourth-order valence-electron chi connectivity index (χ4n) is 2.05. The van der Waals surface area contributed by atoms with Gasteiger partial charge in [0.1, 0.15) is 6.54 Å². The maximum absolute atomic E-state index is 14.1. The van der Waals surface area contributed by atoms with Crippen LogP contribution in [0.1, 0.15) is 12.5 Å². The van der Waals surface area contributed by atoms with Crippen LogP contribution in [0.3, 0.4) is 0 Å². The number of benzene rings is 1. The van der Waals surface area contributed by atoms with E-state index in [1.807, 2.05) is 0 Å². The summed E-state index contributed by atoms with van der Waals surface area (Å²) in [6.45, 7) is -2.03. The second-order valence-corrected chi connectivity index (χ2v) is 7.71. The molecule has 30 heavy (non-hydrogen) atoms. The predicted octanol–water partition coefficient (Wildman–Crippen LogP) is 3.81. The number of sulfonamides is 1. The van der Waals surface area contributed by atoms with Crippen molar-refractivity contribution in [2.75, 3.05) is 13.2 Å². The first kappa shape index (κ1) is 26.0. The molecule has 0 spiro atoms. The van der Waals surface area contributed by atoms with Crippen molar-refractivity contribution in [3.63, 3.8) is 0 Å². The summed E-state index contributed by atoms with van der Waals surface area (Å²) in [6.07, 6.45) is -7.19. The van der Waals surface area contributed by atoms with Gasteiger partial charge in [0.05, 0.1) is 6.61 Å². The van der Waals surface area contributed by atoms with Crippen LogP contribution in [0.25, 0.3) is 0 Å². The van der Waals surface area contributed by atoms with Gasteiger partial charge in [-0.25, -0.2) is 8.42 Å².